The molecule has 0 atom stereocenters. The molecule has 1 N–H and O–H groups in total. The standard InChI is InChI=1S/C18H17F3N2O2/c19-18(20,21)14-6-7-16(25)23(10-14)11-15(24)22-12-17(8-9-17)13-4-2-1-3-5-13/h1-7,10H,8-9,11-12H2,(H,22,24). The Hall–Kier alpha value is -2.57. The molecule has 0 unspecified atom stereocenters. The number of aromatic nitrogens is 1. The smallest absolute Gasteiger partial charge is 0.354 e. The number of pyridine rings is 1. The normalized spacial score (nSPS) is 15.6. The van der Waals surface area contributed by atoms with E-state index in [1.807, 2.05) is 30.3 Å². The van der Waals surface area contributed by atoms with Crippen molar-refractivity contribution in [2.24, 2.45) is 0 Å². The maximum absolute atomic E-state index is 12.7. The lowest BCUT2D eigenvalue weighted by Gasteiger charge is -2.17. The highest BCUT2D eigenvalue weighted by molar-refractivity contribution is 5.76. The third kappa shape index (κ3) is 3.92. The van der Waals surface area contributed by atoms with Crippen LogP contribution in [0.5, 0.6) is 0 Å². The Morgan fingerprint density at radius 2 is 1.80 bits per heavy atom. The second-order valence-electron chi connectivity index (χ2n) is 6.30. The molecule has 1 amide bonds. The molecule has 1 aromatic heterocycles. The number of nitrogens with zero attached hydrogens (tertiary/aromatic N) is 1. The summed E-state index contributed by atoms with van der Waals surface area (Å²) in [6, 6.07) is 11.3. The van der Waals surface area contributed by atoms with Gasteiger partial charge in [0.05, 0.1) is 5.56 Å². The summed E-state index contributed by atoms with van der Waals surface area (Å²) in [5.74, 6) is -0.483. The van der Waals surface area contributed by atoms with Crippen LogP contribution in [0.15, 0.2) is 53.5 Å². The van der Waals surface area contributed by atoms with Crippen molar-refractivity contribution in [1.29, 1.82) is 0 Å². The predicted octanol–water partition coefficient (Wildman–Crippen LogP) is 2.72. The molecule has 0 bridgehead atoms. The highest BCUT2D eigenvalue weighted by Gasteiger charge is 2.44. The number of hydrogen-bond acceptors (Lipinski definition) is 2. The Labute approximate surface area is 142 Å². The Morgan fingerprint density at radius 3 is 2.40 bits per heavy atom. The van der Waals surface area contributed by atoms with Gasteiger partial charge in [0.15, 0.2) is 0 Å². The van der Waals surface area contributed by atoms with Gasteiger partial charge in [-0.15, -0.1) is 0 Å². The number of amides is 1. The molecule has 1 heterocycles. The minimum Gasteiger partial charge on any atom is -0.354 e. The molecule has 1 aromatic carbocycles. The number of rotatable bonds is 5. The van der Waals surface area contributed by atoms with Crippen LogP contribution in [0.3, 0.4) is 0 Å². The zero-order valence-corrected chi connectivity index (χ0v) is 13.3. The number of carbonyl (C=O) groups is 1. The number of halogens is 3. The van der Waals surface area contributed by atoms with E-state index in [0.717, 1.165) is 29.0 Å². The van der Waals surface area contributed by atoms with E-state index in [0.29, 0.717) is 18.8 Å². The van der Waals surface area contributed by atoms with Crippen LogP contribution in [-0.2, 0) is 22.9 Å². The molecule has 3 rings (SSSR count). The second-order valence-corrected chi connectivity index (χ2v) is 6.30. The average Bonchev–Trinajstić information content (AvgIpc) is 3.36. The molecule has 0 saturated heterocycles. The monoisotopic (exact) mass is 350 g/mol. The number of nitrogens with one attached hydrogen (secondary N) is 1. The van der Waals surface area contributed by atoms with Crippen LogP contribution in [0.2, 0.25) is 0 Å². The van der Waals surface area contributed by atoms with Crippen LogP contribution in [0, 0.1) is 0 Å². The fraction of sp³-hybridized carbons (Fsp3) is 0.333. The van der Waals surface area contributed by atoms with Crippen molar-refractivity contribution in [1.82, 2.24) is 9.88 Å². The van der Waals surface area contributed by atoms with E-state index in [9.17, 15) is 22.8 Å². The van der Waals surface area contributed by atoms with Gasteiger partial charge in [-0.25, -0.2) is 0 Å². The van der Waals surface area contributed by atoms with E-state index in [2.05, 4.69) is 5.32 Å². The minimum atomic E-state index is -4.56. The zero-order chi connectivity index (χ0) is 18.1. The topological polar surface area (TPSA) is 51.1 Å². The van der Waals surface area contributed by atoms with Crippen molar-refractivity contribution in [3.8, 4) is 0 Å². The minimum absolute atomic E-state index is 0.101. The molecule has 7 heteroatoms. The molecular formula is C18H17F3N2O2. The average molecular weight is 350 g/mol. The maximum Gasteiger partial charge on any atom is 0.417 e. The van der Waals surface area contributed by atoms with Gasteiger partial charge in [-0.05, 0) is 24.5 Å². The van der Waals surface area contributed by atoms with Gasteiger partial charge < -0.3 is 9.88 Å². The fourth-order valence-corrected chi connectivity index (χ4v) is 2.81. The van der Waals surface area contributed by atoms with Crippen LogP contribution >= 0.6 is 0 Å². The molecule has 0 spiro atoms. The van der Waals surface area contributed by atoms with Crippen LogP contribution < -0.4 is 10.9 Å². The van der Waals surface area contributed by atoms with Gasteiger partial charge in [-0.1, -0.05) is 30.3 Å². The number of hydrogen-bond donors (Lipinski definition) is 1. The summed E-state index contributed by atoms with van der Waals surface area (Å²) in [6.45, 7) is -0.0306. The zero-order valence-electron chi connectivity index (χ0n) is 13.3. The Morgan fingerprint density at radius 1 is 1.12 bits per heavy atom. The number of carbonyl (C=O) groups excluding carboxylic acids is 1. The number of benzene rings is 1. The van der Waals surface area contributed by atoms with E-state index in [4.69, 9.17) is 0 Å². The summed E-state index contributed by atoms with van der Waals surface area (Å²) in [4.78, 5) is 23.8. The molecule has 132 valence electrons. The van der Waals surface area contributed by atoms with E-state index < -0.39 is 29.8 Å². The van der Waals surface area contributed by atoms with Gasteiger partial charge >= 0.3 is 6.18 Å². The molecule has 0 radical (unpaired) electrons. The summed E-state index contributed by atoms with van der Waals surface area (Å²) >= 11 is 0. The largest absolute Gasteiger partial charge is 0.417 e. The van der Waals surface area contributed by atoms with Crippen molar-refractivity contribution in [2.45, 2.75) is 31.0 Å². The third-order valence-electron chi connectivity index (χ3n) is 4.49. The molecule has 2 aromatic rings. The second kappa shape index (κ2) is 6.38. The third-order valence-corrected chi connectivity index (χ3v) is 4.49. The highest BCUT2D eigenvalue weighted by Crippen LogP contribution is 2.47. The summed E-state index contributed by atoms with van der Waals surface area (Å²) in [5.41, 5.74) is -0.572. The lowest BCUT2D eigenvalue weighted by atomic mass is 9.96. The van der Waals surface area contributed by atoms with E-state index in [1.54, 1.807) is 0 Å². The van der Waals surface area contributed by atoms with Gasteiger partial charge in [-0.3, -0.25) is 9.59 Å². The van der Waals surface area contributed by atoms with Crippen LogP contribution in [0.4, 0.5) is 13.2 Å². The molecule has 1 aliphatic rings. The quantitative estimate of drug-likeness (QED) is 0.901. The van der Waals surface area contributed by atoms with Crippen molar-refractivity contribution in [2.75, 3.05) is 6.54 Å². The van der Waals surface area contributed by atoms with Crippen molar-refractivity contribution in [3.05, 3.63) is 70.1 Å². The van der Waals surface area contributed by atoms with E-state index in [1.165, 1.54) is 0 Å². The SMILES string of the molecule is O=C(Cn1cc(C(F)(F)F)ccc1=O)NCC1(c2ccccc2)CC1. The van der Waals surface area contributed by atoms with Gasteiger partial charge in [-0.2, -0.15) is 13.2 Å². The van der Waals surface area contributed by atoms with Crippen LogP contribution in [0.1, 0.15) is 24.0 Å². The van der Waals surface area contributed by atoms with Crippen molar-refractivity contribution in [3.63, 3.8) is 0 Å². The first-order valence-electron chi connectivity index (χ1n) is 7.90. The van der Waals surface area contributed by atoms with Crippen molar-refractivity contribution >= 4 is 5.91 Å². The maximum atomic E-state index is 12.7. The first-order valence-corrected chi connectivity index (χ1v) is 7.90. The van der Waals surface area contributed by atoms with Gasteiger partial charge in [0, 0.05) is 24.2 Å². The summed E-state index contributed by atoms with van der Waals surface area (Å²) in [7, 11) is 0. The van der Waals surface area contributed by atoms with E-state index in [-0.39, 0.29) is 5.41 Å². The molecule has 25 heavy (non-hydrogen) atoms. The molecular weight excluding hydrogens is 333 g/mol. The van der Waals surface area contributed by atoms with Crippen LogP contribution in [-0.4, -0.2) is 17.0 Å². The van der Waals surface area contributed by atoms with Gasteiger partial charge in [0.25, 0.3) is 5.56 Å². The summed E-state index contributed by atoms with van der Waals surface area (Å²) < 4.78 is 38.9. The Bertz CT molecular complexity index is 824. The molecule has 1 fully saturated rings. The summed E-state index contributed by atoms with van der Waals surface area (Å²) in [5, 5.41) is 2.74. The molecule has 1 aliphatic carbocycles. The van der Waals surface area contributed by atoms with E-state index >= 15 is 0 Å². The number of alkyl halides is 3. The van der Waals surface area contributed by atoms with Crippen molar-refractivity contribution < 1.29 is 18.0 Å². The lowest BCUT2D eigenvalue weighted by Crippen LogP contribution is -2.36. The Balaban J connectivity index is 1.65. The van der Waals surface area contributed by atoms with Crippen LogP contribution in [0.25, 0.3) is 0 Å². The van der Waals surface area contributed by atoms with Gasteiger partial charge in [0.2, 0.25) is 5.91 Å². The first-order chi connectivity index (χ1) is 11.8. The molecule has 4 nitrogen and oxygen atoms in total. The summed E-state index contributed by atoms with van der Waals surface area (Å²) in [6.07, 6.45) is -2.00. The fourth-order valence-electron chi connectivity index (χ4n) is 2.81. The Kier molecular flexibility index (Phi) is 4.41. The first kappa shape index (κ1) is 17.3. The highest BCUT2D eigenvalue weighted by atomic mass is 19.4. The lowest BCUT2D eigenvalue weighted by molar-refractivity contribution is -0.138. The molecule has 0 aliphatic heterocycles. The molecule has 1 saturated carbocycles. The van der Waals surface area contributed by atoms with Gasteiger partial charge in [0.1, 0.15) is 6.54 Å². The predicted molar refractivity (Wildman–Crippen MR) is 86.1 cm³/mol.